The lowest BCUT2D eigenvalue weighted by Crippen LogP contribution is -2.45. The average molecular weight is 447 g/mol. The summed E-state index contributed by atoms with van der Waals surface area (Å²) in [6.45, 7) is 2.81. The smallest absolute Gasteiger partial charge is 0.252 e. The number of amides is 1. The van der Waals surface area contributed by atoms with Crippen molar-refractivity contribution in [1.29, 1.82) is 0 Å². The second-order valence-corrected chi connectivity index (χ2v) is 10.6. The highest BCUT2D eigenvalue weighted by molar-refractivity contribution is 9.11. The first-order valence-corrected chi connectivity index (χ1v) is 11.0. The molecule has 2 aromatic rings. The van der Waals surface area contributed by atoms with Crippen LogP contribution < -0.4 is 5.32 Å². The molecule has 0 saturated carbocycles. The van der Waals surface area contributed by atoms with Gasteiger partial charge in [0.1, 0.15) is 15.7 Å². The fourth-order valence-electron chi connectivity index (χ4n) is 2.84. The highest BCUT2D eigenvalue weighted by Crippen LogP contribution is 2.30. The average Bonchev–Trinajstić information content (AvgIpc) is 3.21. The van der Waals surface area contributed by atoms with E-state index in [-0.39, 0.29) is 18.4 Å². The van der Waals surface area contributed by atoms with Crippen molar-refractivity contribution < 1.29 is 17.6 Å². The second-order valence-electron chi connectivity index (χ2n) is 5.99. The van der Waals surface area contributed by atoms with Gasteiger partial charge in [0.05, 0.1) is 16.2 Å². The van der Waals surface area contributed by atoms with Gasteiger partial charge in [-0.2, -0.15) is 4.31 Å². The molecule has 1 aliphatic heterocycles. The van der Waals surface area contributed by atoms with Gasteiger partial charge >= 0.3 is 0 Å². The zero-order valence-electron chi connectivity index (χ0n) is 13.7. The van der Waals surface area contributed by atoms with E-state index in [9.17, 15) is 13.2 Å². The number of rotatable bonds is 5. The number of hydrogen-bond acceptors (Lipinski definition) is 5. The maximum Gasteiger partial charge on any atom is 0.252 e. The van der Waals surface area contributed by atoms with Crippen molar-refractivity contribution in [2.75, 3.05) is 13.1 Å². The first kappa shape index (κ1) is 18.6. The van der Waals surface area contributed by atoms with Crippen LogP contribution in [-0.2, 0) is 21.4 Å². The van der Waals surface area contributed by atoms with Crippen LogP contribution in [0.3, 0.4) is 0 Å². The van der Waals surface area contributed by atoms with Crippen LogP contribution in [0.5, 0.6) is 0 Å². The van der Waals surface area contributed by atoms with Crippen molar-refractivity contribution in [2.45, 2.75) is 30.5 Å². The number of carbonyl (C=O) groups excluding carboxylic acids is 1. The van der Waals surface area contributed by atoms with E-state index in [0.717, 1.165) is 9.55 Å². The minimum atomic E-state index is -3.55. The molecule has 0 aliphatic carbocycles. The predicted octanol–water partition coefficient (Wildman–Crippen LogP) is 3.13. The summed E-state index contributed by atoms with van der Waals surface area (Å²) >= 11 is 4.47. The van der Waals surface area contributed by atoms with E-state index in [1.807, 2.05) is 19.1 Å². The molecule has 1 amide bonds. The van der Waals surface area contributed by atoms with E-state index in [0.29, 0.717) is 35.9 Å². The van der Waals surface area contributed by atoms with Crippen LogP contribution in [-0.4, -0.2) is 31.7 Å². The number of aryl methyl sites for hydroxylation is 1. The quantitative estimate of drug-likeness (QED) is 0.764. The third-order valence-electron chi connectivity index (χ3n) is 4.13. The molecule has 3 heterocycles. The predicted molar refractivity (Wildman–Crippen MR) is 98.8 cm³/mol. The summed E-state index contributed by atoms with van der Waals surface area (Å²) in [5.74, 6) is 1.00. The molecule has 136 valence electrons. The summed E-state index contributed by atoms with van der Waals surface area (Å²) in [5.41, 5.74) is 0. The lowest BCUT2D eigenvalue weighted by molar-refractivity contribution is -0.126. The molecular formula is C16H19BrN2O4S2. The lowest BCUT2D eigenvalue weighted by atomic mass is 9.99. The van der Waals surface area contributed by atoms with Crippen molar-refractivity contribution >= 4 is 43.2 Å². The number of halogens is 1. The molecule has 6 nitrogen and oxygen atoms in total. The van der Waals surface area contributed by atoms with E-state index in [1.165, 1.54) is 15.6 Å². The fourth-order valence-corrected chi connectivity index (χ4v) is 6.53. The molecule has 0 bridgehead atoms. The molecule has 0 spiro atoms. The van der Waals surface area contributed by atoms with E-state index in [2.05, 4.69) is 21.2 Å². The molecule has 1 unspecified atom stereocenters. The molecule has 1 aliphatic rings. The zero-order valence-corrected chi connectivity index (χ0v) is 16.9. The van der Waals surface area contributed by atoms with Gasteiger partial charge in [-0.15, -0.1) is 11.3 Å². The Balaban J connectivity index is 1.63. The maximum atomic E-state index is 12.7. The normalized spacial score (nSPS) is 19.0. The van der Waals surface area contributed by atoms with Crippen LogP contribution >= 0.6 is 27.3 Å². The number of carbonyl (C=O) groups is 1. The van der Waals surface area contributed by atoms with Crippen molar-refractivity contribution in [2.24, 2.45) is 5.92 Å². The maximum absolute atomic E-state index is 12.7. The van der Waals surface area contributed by atoms with Gasteiger partial charge in [0.15, 0.2) is 0 Å². The van der Waals surface area contributed by atoms with Crippen molar-refractivity contribution in [3.63, 3.8) is 0 Å². The molecule has 1 atom stereocenters. The summed E-state index contributed by atoms with van der Waals surface area (Å²) in [4.78, 5) is 12.4. The van der Waals surface area contributed by atoms with E-state index < -0.39 is 10.0 Å². The van der Waals surface area contributed by atoms with E-state index >= 15 is 0 Å². The van der Waals surface area contributed by atoms with E-state index in [1.54, 1.807) is 12.1 Å². The zero-order chi connectivity index (χ0) is 18.0. The van der Waals surface area contributed by atoms with Gasteiger partial charge in [0.25, 0.3) is 10.0 Å². The molecule has 3 rings (SSSR count). The molecule has 25 heavy (non-hydrogen) atoms. The monoisotopic (exact) mass is 446 g/mol. The summed E-state index contributed by atoms with van der Waals surface area (Å²) in [6, 6.07) is 6.97. The molecule has 1 N–H and O–H groups in total. The standard InChI is InChI=1S/C16H19BrN2O4S2/c1-11-4-5-13(23-11)9-18-16(20)12-3-2-8-19(10-12)25(21,22)15-7-6-14(17)24-15/h4-7,12H,2-3,8-10H2,1H3,(H,18,20). The van der Waals surface area contributed by atoms with Crippen LogP contribution in [0.1, 0.15) is 24.4 Å². The number of thiophene rings is 1. The number of hydrogen-bond donors (Lipinski definition) is 1. The Morgan fingerprint density at radius 3 is 2.84 bits per heavy atom. The first-order chi connectivity index (χ1) is 11.9. The number of sulfonamides is 1. The van der Waals surface area contributed by atoms with Crippen molar-refractivity contribution in [3.8, 4) is 0 Å². The minimum Gasteiger partial charge on any atom is -0.465 e. The lowest BCUT2D eigenvalue weighted by Gasteiger charge is -2.30. The topological polar surface area (TPSA) is 79.6 Å². The Kier molecular flexibility index (Phi) is 5.67. The highest BCUT2D eigenvalue weighted by Gasteiger charge is 2.34. The second kappa shape index (κ2) is 7.61. The number of furan rings is 1. The van der Waals surface area contributed by atoms with Crippen molar-refractivity contribution in [1.82, 2.24) is 9.62 Å². The van der Waals surface area contributed by atoms with Crippen molar-refractivity contribution in [3.05, 3.63) is 39.6 Å². The van der Waals surface area contributed by atoms with Crippen LogP contribution in [0.4, 0.5) is 0 Å². The SMILES string of the molecule is Cc1ccc(CNC(=O)C2CCCN(S(=O)(=O)c3ccc(Br)s3)C2)o1. The summed E-state index contributed by atoms with van der Waals surface area (Å²) in [5, 5.41) is 2.84. The Morgan fingerprint density at radius 2 is 2.20 bits per heavy atom. The molecule has 1 fully saturated rings. The molecule has 0 aromatic carbocycles. The van der Waals surface area contributed by atoms with Gasteiger partial charge in [-0.05, 0) is 60.0 Å². The van der Waals surface area contributed by atoms with Gasteiger partial charge in [0, 0.05) is 13.1 Å². The molecule has 2 aromatic heterocycles. The minimum absolute atomic E-state index is 0.138. The number of piperidine rings is 1. The summed E-state index contributed by atoms with van der Waals surface area (Å²) in [7, 11) is -3.55. The number of nitrogens with one attached hydrogen (secondary N) is 1. The van der Waals surface area contributed by atoms with Gasteiger partial charge < -0.3 is 9.73 Å². The summed E-state index contributed by atoms with van der Waals surface area (Å²) < 4.78 is 33.4. The Labute approximate surface area is 159 Å². The van der Waals surface area contributed by atoms with Crippen LogP contribution in [0.2, 0.25) is 0 Å². The van der Waals surface area contributed by atoms with Crippen LogP contribution in [0, 0.1) is 12.8 Å². The Hall–Kier alpha value is -1.16. The highest BCUT2D eigenvalue weighted by atomic mass is 79.9. The number of nitrogens with zero attached hydrogens (tertiary/aromatic N) is 1. The van der Waals surface area contributed by atoms with Crippen LogP contribution in [0.25, 0.3) is 0 Å². The molecular weight excluding hydrogens is 428 g/mol. The molecule has 1 saturated heterocycles. The van der Waals surface area contributed by atoms with Gasteiger partial charge in [0.2, 0.25) is 5.91 Å². The largest absolute Gasteiger partial charge is 0.465 e. The molecule has 9 heteroatoms. The van der Waals surface area contributed by atoms with Gasteiger partial charge in [-0.1, -0.05) is 0 Å². The van der Waals surface area contributed by atoms with E-state index in [4.69, 9.17) is 4.42 Å². The summed E-state index contributed by atoms with van der Waals surface area (Å²) in [6.07, 6.45) is 1.35. The Morgan fingerprint density at radius 1 is 1.40 bits per heavy atom. The van der Waals surface area contributed by atoms with Gasteiger partial charge in [-0.25, -0.2) is 8.42 Å². The molecule has 0 radical (unpaired) electrons. The third-order valence-corrected chi connectivity index (χ3v) is 8.09. The Bertz CT molecular complexity index is 859. The third kappa shape index (κ3) is 4.33. The van der Waals surface area contributed by atoms with Gasteiger partial charge in [-0.3, -0.25) is 4.79 Å². The fraction of sp³-hybridized carbons (Fsp3) is 0.438. The first-order valence-electron chi connectivity index (χ1n) is 7.95. The van der Waals surface area contributed by atoms with Crippen LogP contribution in [0.15, 0.2) is 36.7 Å².